The van der Waals surface area contributed by atoms with Gasteiger partial charge in [-0.1, -0.05) is 13.0 Å². The highest BCUT2D eigenvalue weighted by molar-refractivity contribution is 5.95. The van der Waals surface area contributed by atoms with Gasteiger partial charge in [0.1, 0.15) is 29.5 Å². The molecule has 2 aromatic carbocycles. The smallest absolute Gasteiger partial charge is 0.343 e. The van der Waals surface area contributed by atoms with Crippen LogP contribution in [0.4, 0.5) is 26.0 Å². The Morgan fingerprint density at radius 1 is 1.00 bits per heavy atom. The number of hydrogen-bond acceptors (Lipinski definition) is 10. The van der Waals surface area contributed by atoms with Crippen LogP contribution in [0.1, 0.15) is 67.1 Å². The Hall–Kier alpha value is -4.86. The van der Waals surface area contributed by atoms with E-state index in [1.165, 1.54) is 28.0 Å². The van der Waals surface area contributed by atoms with Crippen LogP contribution in [0.25, 0.3) is 10.9 Å². The van der Waals surface area contributed by atoms with Crippen LogP contribution in [0.3, 0.4) is 0 Å². The van der Waals surface area contributed by atoms with Gasteiger partial charge in [-0.25, -0.2) is 18.4 Å². The van der Waals surface area contributed by atoms with Gasteiger partial charge in [-0.05, 0) is 81.8 Å². The minimum absolute atomic E-state index is 0.00340. The lowest BCUT2D eigenvalue weighted by Crippen LogP contribution is -2.52. The number of fused-ring (bicyclic) bond motifs is 1. The summed E-state index contributed by atoms with van der Waals surface area (Å²) in [5.74, 6) is -2.13. The van der Waals surface area contributed by atoms with Gasteiger partial charge in [0.2, 0.25) is 5.43 Å². The summed E-state index contributed by atoms with van der Waals surface area (Å²) in [4.78, 5) is 61.1. The highest BCUT2D eigenvalue weighted by Crippen LogP contribution is 2.40. The van der Waals surface area contributed by atoms with E-state index in [0.29, 0.717) is 64.6 Å². The molecule has 4 heterocycles. The van der Waals surface area contributed by atoms with Gasteiger partial charge in [0.05, 0.1) is 24.1 Å². The van der Waals surface area contributed by atoms with Crippen LogP contribution in [0.5, 0.6) is 0 Å². The minimum atomic E-state index is -0.852. The van der Waals surface area contributed by atoms with Gasteiger partial charge in [-0.2, -0.15) is 0 Å². The van der Waals surface area contributed by atoms with E-state index in [4.69, 9.17) is 9.47 Å². The van der Waals surface area contributed by atoms with Gasteiger partial charge in [-0.15, -0.1) is 0 Å². The number of carbonyl (C=O) groups is 1. The fourth-order valence-electron chi connectivity index (χ4n) is 7.88. The van der Waals surface area contributed by atoms with Gasteiger partial charge in [-0.3, -0.25) is 28.9 Å². The Morgan fingerprint density at radius 3 is 2.48 bits per heavy atom. The summed E-state index contributed by atoms with van der Waals surface area (Å²) in [5, 5.41) is 2.96. The van der Waals surface area contributed by atoms with E-state index in [1.54, 1.807) is 9.47 Å². The van der Waals surface area contributed by atoms with Crippen molar-refractivity contribution in [3.05, 3.63) is 95.9 Å². The predicted molar refractivity (Wildman–Crippen MR) is 212 cm³/mol. The third-order valence-corrected chi connectivity index (χ3v) is 11.3. The first kappa shape index (κ1) is 39.4. The summed E-state index contributed by atoms with van der Waals surface area (Å²) in [7, 11) is 0. The number of aromatic amines is 1. The number of esters is 1. The average molecular weight is 776 g/mol. The molecule has 0 bridgehead atoms. The van der Waals surface area contributed by atoms with E-state index >= 15 is 8.78 Å². The van der Waals surface area contributed by atoms with E-state index in [2.05, 4.69) is 27.0 Å². The standard InChI is InChI=1S/C41H51F2N7O6/c1-4-28-21-29(8-7-26(28)2)44-34-23-35(51)49(41(54)45-34)12-6-5-11-47-13-14-48(24-27(47)3)38-33(42)22-31-37(36(38)43)50(30-9-10-30)25-32(39(31)52)40(53)56-20-17-46-15-18-55-19-16-46/h7-8,21-23,25,27,30,44H,4-6,9-20,24H2,1-3H3,(H,45,54)/t27-/m1/s1. The lowest BCUT2D eigenvalue weighted by Gasteiger charge is -2.41. The van der Waals surface area contributed by atoms with Gasteiger partial charge >= 0.3 is 11.7 Å². The molecule has 15 heteroatoms. The van der Waals surface area contributed by atoms with E-state index < -0.39 is 28.7 Å². The molecule has 2 saturated heterocycles. The largest absolute Gasteiger partial charge is 0.461 e. The number of aryl methyl sites for hydroxylation is 2. The molecule has 1 saturated carbocycles. The molecule has 7 rings (SSSR count). The number of halogens is 2. The van der Waals surface area contributed by atoms with Crippen LogP contribution in [0.2, 0.25) is 0 Å². The summed E-state index contributed by atoms with van der Waals surface area (Å²) in [6.07, 6.45) is 5.07. The van der Waals surface area contributed by atoms with Gasteiger partial charge in [0, 0.05) is 75.8 Å². The summed E-state index contributed by atoms with van der Waals surface area (Å²) < 4.78 is 46.0. The number of ether oxygens (including phenoxy) is 2. The number of hydrogen-bond donors (Lipinski definition) is 2. The molecule has 0 unspecified atom stereocenters. The van der Waals surface area contributed by atoms with Gasteiger partial charge in [0.15, 0.2) is 5.82 Å². The first-order valence-electron chi connectivity index (χ1n) is 19.8. The van der Waals surface area contributed by atoms with Crippen molar-refractivity contribution in [1.29, 1.82) is 0 Å². The molecule has 3 fully saturated rings. The molecule has 1 atom stereocenters. The lowest BCUT2D eigenvalue weighted by atomic mass is 10.1. The van der Waals surface area contributed by atoms with Crippen molar-refractivity contribution in [1.82, 2.24) is 23.9 Å². The van der Waals surface area contributed by atoms with E-state index in [1.807, 2.05) is 32.0 Å². The summed E-state index contributed by atoms with van der Waals surface area (Å²) in [6.45, 7) is 11.6. The number of unbranched alkanes of at least 4 members (excludes halogenated alkanes) is 1. The van der Waals surface area contributed by atoms with Crippen LogP contribution in [-0.2, 0) is 22.4 Å². The van der Waals surface area contributed by atoms with Gasteiger partial charge in [0.25, 0.3) is 5.56 Å². The van der Waals surface area contributed by atoms with Gasteiger partial charge < -0.3 is 24.3 Å². The number of pyridine rings is 1. The molecule has 2 aliphatic heterocycles. The van der Waals surface area contributed by atoms with E-state index in [9.17, 15) is 19.2 Å². The number of morpholine rings is 1. The topological polar surface area (TPSA) is 134 Å². The Morgan fingerprint density at radius 2 is 1.77 bits per heavy atom. The number of rotatable bonds is 14. The Bertz CT molecular complexity index is 2230. The van der Waals surface area contributed by atoms with Crippen LogP contribution in [0, 0.1) is 18.6 Å². The SMILES string of the molecule is CCc1cc(Nc2cc(=O)n(CCCCN3CCN(c4c(F)cc5c(=O)c(C(=O)OCCN6CCOCC6)cn(C6CC6)c5c4F)C[C@H]3C)c(=O)[nH]2)ccc1C. The van der Waals surface area contributed by atoms with Crippen molar-refractivity contribution in [3.63, 3.8) is 0 Å². The monoisotopic (exact) mass is 775 g/mol. The summed E-state index contributed by atoms with van der Waals surface area (Å²) in [5.41, 5.74) is 1.14. The maximum atomic E-state index is 16.5. The molecule has 56 heavy (non-hydrogen) atoms. The zero-order chi connectivity index (χ0) is 39.5. The van der Waals surface area contributed by atoms with Crippen LogP contribution in [-0.4, -0.2) is 102 Å². The molecule has 3 aliphatic rings. The molecule has 1 aliphatic carbocycles. The number of carbonyl (C=O) groups excluding carboxylic acids is 1. The second-order valence-corrected chi connectivity index (χ2v) is 15.2. The average Bonchev–Trinajstić information content (AvgIpc) is 4.02. The van der Waals surface area contributed by atoms with Crippen molar-refractivity contribution >= 4 is 34.1 Å². The number of nitrogens with zero attached hydrogens (tertiary/aromatic N) is 5. The highest BCUT2D eigenvalue weighted by atomic mass is 19.1. The fourth-order valence-corrected chi connectivity index (χ4v) is 7.88. The van der Waals surface area contributed by atoms with Crippen molar-refractivity contribution in [3.8, 4) is 0 Å². The maximum Gasteiger partial charge on any atom is 0.343 e. The second-order valence-electron chi connectivity index (χ2n) is 15.2. The van der Waals surface area contributed by atoms with Crippen molar-refractivity contribution in [2.45, 2.75) is 71.5 Å². The molecule has 2 aromatic heterocycles. The Labute approximate surface area is 323 Å². The molecule has 300 valence electrons. The number of H-pyrrole nitrogens is 1. The summed E-state index contributed by atoms with van der Waals surface area (Å²) >= 11 is 0. The van der Waals surface area contributed by atoms with Crippen LogP contribution < -0.4 is 26.9 Å². The number of aromatic nitrogens is 3. The number of nitrogens with one attached hydrogen (secondary N) is 2. The predicted octanol–water partition coefficient (Wildman–Crippen LogP) is 4.56. The maximum absolute atomic E-state index is 16.5. The third-order valence-electron chi connectivity index (χ3n) is 11.3. The first-order valence-corrected chi connectivity index (χ1v) is 19.8. The Kier molecular flexibility index (Phi) is 12.0. The molecular weight excluding hydrogens is 724 g/mol. The quantitative estimate of drug-likeness (QED) is 0.139. The van der Waals surface area contributed by atoms with E-state index in [0.717, 1.165) is 44.1 Å². The Balaban J connectivity index is 0.970. The normalized spacial score (nSPS) is 18.1. The molecular formula is C41H51F2N7O6. The summed E-state index contributed by atoms with van der Waals surface area (Å²) in [6, 6.07) is 8.22. The molecule has 0 amide bonds. The molecule has 0 radical (unpaired) electrons. The molecule has 2 N–H and O–H groups in total. The number of piperazine rings is 1. The molecule has 13 nitrogen and oxygen atoms in total. The van der Waals surface area contributed by atoms with Crippen LogP contribution >= 0.6 is 0 Å². The fraction of sp³-hybridized carbons (Fsp3) is 0.512. The third kappa shape index (κ3) is 8.59. The minimum Gasteiger partial charge on any atom is -0.461 e. The van der Waals surface area contributed by atoms with Crippen molar-refractivity contribution in [2.24, 2.45) is 0 Å². The second kappa shape index (κ2) is 17.1. The zero-order valence-corrected chi connectivity index (χ0v) is 32.4. The molecule has 4 aromatic rings. The lowest BCUT2D eigenvalue weighted by molar-refractivity contribution is 0.0195. The first-order chi connectivity index (χ1) is 27.0. The van der Waals surface area contributed by atoms with Crippen molar-refractivity contribution in [2.75, 3.05) is 75.9 Å². The van der Waals surface area contributed by atoms with Crippen LogP contribution in [0.15, 0.2) is 50.9 Å². The number of anilines is 3. The number of benzene rings is 2. The highest BCUT2D eigenvalue weighted by Gasteiger charge is 2.33. The zero-order valence-electron chi connectivity index (χ0n) is 32.4. The van der Waals surface area contributed by atoms with Crippen molar-refractivity contribution < 1.29 is 23.0 Å². The van der Waals surface area contributed by atoms with E-state index in [-0.39, 0.29) is 52.9 Å². The molecule has 0 spiro atoms.